The fourth-order valence-corrected chi connectivity index (χ4v) is 2.43. The van der Waals surface area contributed by atoms with E-state index in [1.807, 2.05) is 0 Å². The van der Waals surface area contributed by atoms with Crippen LogP contribution in [0.5, 0.6) is 0 Å². The predicted octanol–water partition coefficient (Wildman–Crippen LogP) is 3.38. The molecule has 0 amide bonds. The molecule has 0 heterocycles. The summed E-state index contributed by atoms with van der Waals surface area (Å²) in [6.07, 6.45) is 1.04. The summed E-state index contributed by atoms with van der Waals surface area (Å²) in [5.74, 6) is 1.19. The molecule has 1 N–H and O–H groups in total. The second-order valence-corrected chi connectivity index (χ2v) is 6.00. The number of nitrogens with one attached hydrogen (secondary N) is 1. The van der Waals surface area contributed by atoms with Crippen molar-refractivity contribution in [2.45, 2.75) is 33.1 Å². The van der Waals surface area contributed by atoms with Crippen molar-refractivity contribution in [2.24, 2.45) is 5.92 Å². The van der Waals surface area contributed by atoms with E-state index in [4.69, 9.17) is 9.47 Å². The Morgan fingerprint density at radius 1 is 1.05 bits per heavy atom. The molecule has 0 aliphatic heterocycles. The minimum Gasteiger partial charge on any atom is -0.382 e. The molecule has 3 nitrogen and oxygen atoms in total. The van der Waals surface area contributed by atoms with Crippen molar-refractivity contribution < 1.29 is 9.47 Å². The van der Waals surface area contributed by atoms with Gasteiger partial charge in [-0.2, -0.15) is 0 Å². The van der Waals surface area contributed by atoms with E-state index in [2.05, 4.69) is 50.4 Å². The van der Waals surface area contributed by atoms with Crippen LogP contribution in [-0.4, -0.2) is 40.0 Å². The average molecular weight is 293 g/mol. The predicted molar refractivity (Wildman–Crippen MR) is 88.9 cm³/mol. The summed E-state index contributed by atoms with van der Waals surface area (Å²) in [6.45, 7) is 10.9. The van der Waals surface area contributed by atoms with Gasteiger partial charge in [-0.15, -0.1) is 0 Å². The van der Waals surface area contributed by atoms with Gasteiger partial charge in [0, 0.05) is 20.3 Å². The second kappa shape index (κ2) is 10.8. The van der Waals surface area contributed by atoms with E-state index < -0.39 is 0 Å². The molecule has 0 fully saturated rings. The smallest absolute Gasteiger partial charge is 0.0700 e. The van der Waals surface area contributed by atoms with Gasteiger partial charge in [0.1, 0.15) is 0 Å². The molecule has 3 heteroatoms. The topological polar surface area (TPSA) is 30.5 Å². The van der Waals surface area contributed by atoms with Gasteiger partial charge >= 0.3 is 0 Å². The van der Waals surface area contributed by atoms with E-state index in [1.54, 1.807) is 7.11 Å². The zero-order chi connectivity index (χ0) is 15.5. The van der Waals surface area contributed by atoms with Crippen molar-refractivity contribution in [1.29, 1.82) is 0 Å². The highest BCUT2D eigenvalue weighted by Gasteiger charge is 2.13. The van der Waals surface area contributed by atoms with E-state index in [1.165, 1.54) is 11.1 Å². The zero-order valence-electron chi connectivity index (χ0n) is 14.0. The molecular formula is C18H31NO2. The van der Waals surface area contributed by atoms with E-state index in [9.17, 15) is 0 Å². The molecule has 0 saturated heterocycles. The van der Waals surface area contributed by atoms with E-state index in [-0.39, 0.29) is 0 Å². The molecule has 1 aromatic rings. The number of ether oxygens (including phenoxy) is 2. The molecule has 0 aliphatic rings. The summed E-state index contributed by atoms with van der Waals surface area (Å²) in [4.78, 5) is 0. The Morgan fingerprint density at radius 2 is 1.81 bits per heavy atom. The molecule has 1 unspecified atom stereocenters. The minimum atomic E-state index is 0.507. The summed E-state index contributed by atoms with van der Waals surface area (Å²) in [6, 6.07) is 8.67. The van der Waals surface area contributed by atoms with Crippen molar-refractivity contribution in [2.75, 3.05) is 40.0 Å². The number of aryl methyl sites for hydroxylation is 1. The lowest BCUT2D eigenvalue weighted by Crippen LogP contribution is -2.26. The van der Waals surface area contributed by atoms with Crippen LogP contribution in [-0.2, 0) is 9.47 Å². The molecule has 0 radical (unpaired) electrons. The van der Waals surface area contributed by atoms with Gasteiger partial charge < -0.3 is 14.8 Å². The van der Waals surface area contributed by atoms with E-state index in [0.29, 0.717) is 25.0 Å². The number of hydrogen-bond acceptors (Lipinski definition) is 3. The number of hydrogen-bond donors (Lipinski definition) is 1. The fraction of sp³-hybridized carbons (Fsp3) is 0.667. The first kappa shape index (κ1) is 18.1. The van der Waals surface area contributed by atoms with Crippen molar-refractivity contribution in [3.63, 3.8) is 0 Å². The average Bonchev–Trinajstić information content (AvgIpc) is 2.45. The maximum absolute atomic E-state index is 5.64. The van der Waals surface area contributed by atoms with Crippen LogP contribution in [0.15, 0.2) is 24.3 Å². The Morgan fingerprint density at radius 3 is 2.48 bits per heavy atom. The second-order valence-electron chi connectivity index (χ2n) is 6.00. The molecule has 0 bridgehead atoms. The van der Waals surface area contributed by atoms with Crippen LogP contribution in [0, 0.1) is 12.8 Å². The number of methoxy groups -OCH3 is 1. The maximum atomic E-state index is 5.64. The normalized spacial score (nSPS) is 12.8. The van der Waals surface area contributed by atoms with Gasteiger partial charge in [0.15, 0.2) is 0 Å². The first-order valence-corrected chi connectivity index (χ1v) is 7.98. The van der Waals surface area contributed by atoms with Gasteiger partial charge in [-0.1, -0.05) is 38.1 Å². The molecule has 0 saturated carbocycles. The molecular weight excluding hydrogens is 262 g/mol. The van der Waals surface area contributed by atoms with E-state index >= 15 is 0 Å². The van der Waals surface area contributed by atoms with Gasteiger partial charge in [0.25, 0.3) is 0 Å². The van der Waals surface area contributed by atoms with Crippen LogP contribution in [0.1, 0.15) is 37.3 Å². The SMILES string of the molecule is COCCOCCC(CNCC(C)C)c1ccccc1C. The molecule has 1 atom stereocenters. The van der Waals surface area contributed by atoms with Crippen molar-refractivity contribution >= 4 is 0 Å². The monoisotopic (exact) mass is 293 g/mol. The van der Waals surface area contributed by atoms with E-state index in [0.717, 1.165) is 26.1 Å². The van der Waals surface area contributed by atoms with Gasteiger partial charge in [0.2, 0.25) is 0 Å². The third kappa shape index (κ3) is 7.60. The van der Waals surface area contributed by atoms with Crippen LogP contribution in [0.25, 0.3) is 0 Å². The Hall–Kier alpha value is -0.900. The van der Waals surface area contributed by atoms with Gasteiger partial charge in [-0.25, -0.2) is 0 Å². The molecule has 0 aromatic heterocycles. The van der Waals surface area contributed by atoms with Crippen molar-refractivity contribution in [3.05, 3.63) is 35.4 Å². The summed E-state index contributed by atoms with van der Waals surface area (Å²) >= 11 is 0. The third-order valence-corrected chi connectivity index (χ3v) is 3.61. The van der Waals surface area contributed by atoms with Crippen molar-refractivity contribution in [1.82, 2.24) is 5.32 Å². The largest absolute Gasteiger partial charge is 0.382 e. The molecule has 21 heavy (non-hydrogen) atoms. The summed E-state index contributed by atoms with van der Waals surface area (Å²) in [5, 5.41) is 3.58. The fourth-order valence-electron chi connectivity index (χ4n) is 2.43. The summed E-state index contributed by atoms with van der Waals surface area (Å²) in [5.41, 5.74) is 2.80. The third-order valence-electron chi connectivity index (χ3n) is 3.61. The van der Waals surface area contributed by atoms with Crippen LogP contribution < -0.4 is 5.32 Å². The summed E-state index contributed by atoms with van der Waals surface area (Å²) < 4.78 is 10.6. The molecule has 0 spiro atoms. The zero-order valence-corrected chi connectivity index (χ0v) is 14.0. The highest BCUT2D eigenvalue weighted by molar-refractivity contribution is 5.29. The maximum Gasteiger partial charge on any atom is 0.0700 e. The lowest BCUT2D eigenvalue weighted by Gasteiger charge is -2.21. The van der Waals surface area contributed by atoms with Crippen molar-refractivity contribution in [3.8, 4) is 0 Å². The molecule has 120 valence electrons. The van der Waals surface area contributed by atoms with Crippen LogP contribution >= 0.6 is 0 Å². The molecule has 1 aromatic carbocycles. The Labute approximate surface area is 130 Å². The van der Waals surface area contributed by atoms with Crippen LogP contribution in [0.3, 0.4) is 0 Å². The molecule has 1 rings (SSSR count). The first-order chi connectivity index (χ1) is 10.1. The standard InChI is InChI=1S/C18H31NO2/c1-15(2)13-19-14-17(9-10-21-12-11-20-4)18-8-6-5-7-16(18)3/h5-8,15,17,19H,9-14H2,1-4H3. The van der Waals surface area contributed by atoms with Gasteiger partial charge in [-0.3, -0.25) is 0 Å². The number of benzene rings is 1. The lowest BCUT2D eigenvalue weighted by atomic mass is 9.92. The van der Waals surface area contributed by atoms with Crippen LogP contribution in [0.4, 0.5) is 0 Å². The van der Waals surface area contributed by atoms with Gasteiger partial charge in [0.05, 0.1) is 13.2 Å². The lowest BCUT2D eigenvalue weighted by molar-refractivity contribution is 0.0669. The molecule has 0 aliphatic carbocycles. The Balaban J connectivity index is 2.51. The first-order valence-electron chi connectivity index (χ1n) is 7.98. The highest BCUT2D eigenvalue weighted by Crippen LogP contribution is 2.22. The minimum absolute atomic E-state index is 0.507. The highest BCUT2D eigenvalue weighted by atomic mass is 16.5. The number of rotatable bonds is 11. The Kier molecular flexibility index (Phi) is 9.31. The summed E-state index contributed by atoms with van der Waals surface area (Å²) in [7, 11) is 1.70. The van der Waals surface area contributed by atoms with Gasteiger partial charge in [-0.05, 0) is 42.9 Å². The van der Waals surface area contributed by atoms with Crippen LogP contribution in [0.2, 0.25) is 0 Å². The Bertz CT molecular complexity index is 379. The quantitative estimate of drug-likeness (QED) is 0.635.